The summed E-state index contributed by atoms with van der Waals surface area (Å²) in [5, 5.41) is 2.67. The molecule has 7 nitrogen and oxygen atoms in total. The van der Waals surface area contributed by atoms with E-state index in [1.807, 2.05) is 15.7 Å². The monoisotopic (exact) mass is 332 g/mol. The SMILES string of the molecule is CNC(=O)C1Cn2ccnc2C2(CCN(C(=O)C3CCC3)CC2)O1. The Balaban J connectivity index is 1.52. The summed E-state index contributed by atoms with van der Waals surface area (Å²) in [6.45, 7) is 1.83. The topological polar surface area (TPSA) is 76.5 Å². The minimum Gasteiger partial charge on any atom is -0.357 e. The van der Waals surface area contributed by atoms with Crippen molar-refractivity contribution in [2.45, 2.75) is 50.4 Å². The molecule has 0 aromatic carbocycles. The van der Waals surface area contributed by atoms with E-state index in [4.69, 9.17) is 4.74 Å². The fourth-order valence-electron chi connectivity index (χ4n) is 4.04. The van der Waals surface area contributed by atoms with Crippen molar-refractivity contribution in [2.75, 3.05) is 20.1 Å². The first-order valence-electron chi connectivity index (χ1n) is 8.83. The number of nitrogens with zero attached hydrogens (tertiary/aromatic N) is 3. The van der Waals surface area contributed by atoms with Gasteiger partial charge >= 0.3 is 0 Å². The second-order valence-corrected chi connectivity index (χ2v) is 7.07. The third-order valence-electron chi connectivity index (χ3n) is 5.73. The van der Waals surface area contributed by atoms with Crippen LogP contribution in [0.3, 0.4) is 0 Å². The van der Waals surface area contributed by atoms with Crippen LogP contribution >= 0.6 is 0 Å². The maximum absolute atomic E-state index is 12.5. The Kier molecular flexibility index (Phi) is 3.83. The molecule has 1 saturated heterocycles. The van der Waals surface area contributed by atoms with Gasteiger partial charge in [-0.05, 0) is 12.8 Å². The third-order valence-corrected chi connectivity index (χ3v) is 5.73. The van der Waals surface area contributed by atoms with Crippen LogP contribution in [0.2, 0.25) is 0 Å². The van der Waals surface area contributed by atoms with Crippen molar-refractivity contribution < 1.29 is 14.3 Å². The van der Waals surface area contributed by atoms with Gasteiger partial charge in [-0.2, -0.15) is 0 Å². The van der Waals surface area contributed by atoms with Crippen molar-refractivity contribution in [2.24, 2.45) is 5.92 Å². The Morgan fingerprint density at radius 2 is 2.08 bits per heavy atom. The molecule has 2 fully saturated rings. The van der Waals surface area contributed by atoms with Crippen molar-refractivity contribution in [3.8, 4) is 0 Å². The van der Waals surface area contributed by atoms with Crippen LogP contribution in [0.5, 0.6) is 0 Å². The lowest BCUT2D eigenvalue weighted by atomic mass is 9.82. The summed E-state index contributed by atoms with van der Waals surface area (Å²) in [6.07, 6.45) is 7.76. The number of hydrogen-bond donors (Lipinski definition) is 1. The number of carbonyl (C=O) groups is 2. The summed E-state index contributed by atoms with van der Waals surface area (Å²) in [4.78, 5) is 31.0. The number of likely N-dealkylation sites (N-methyl/N-ethyl adjacent to an activating group) is 1. The molecule has 3 heterocycles. The predicted octanol–water partition coefficient (Wildman–Crippen LogP) is 0.646. The van der Waals surface area contributed by atoms with E-state index in [1.165, 1.54) is 6.42 Å². The average molecular weight is 332 g/mol. The van der Waals surface area contributed by atoms with E-state index >= 15 is 0 Å². The molecule has 1 aliphatic carbocycles. The first kappa shape index (κ1) is 15.6. The molecule has 1 aromatic rings. The lowest BCUT2D eigenvalue weighted by Crippen LogP contribution is -2.55. The van der Waals surface area contributed by atoms with E-state index in [1.54, 1.807) is 13.2 Å². The molecule has 7 heteroatoms. The molecule has 3 aliphatic rings. The number of carbonyl (C=O) groups excluding carboxylic acids is 2. The molecule has 0 radical (unpaired) electrons. The van der Waals surface area contributed by atoms with Gasteiger partial charge in [0, 0.05) is 51.3 Å². The van der Waals surface area contributed by atoms with Gasteiger partial charge in [-0.15, -0.1) is 0 Å². The fraction of sp³-hybridized carbons (Fsp3) is 0.706. The number of piperidine rings is 1. The second kappa shape index (κ2) is 5.88. The molecule has 1 spiro atoms. The van der Waals surface area contributed by atoms with Gasteiger partial charge in [0.05, 0.1) is 6.54 Å². The van der Waals surface area contributed by atoms with Gasteiger partial charge in [0.15, 0.2) is 6.10 Å². The van der Waals surface area contributed by atoms with Crippen molar-refractivity contribution in [3.05, 3.63) is 18.2 Å². The Bertz CT molecular complexity index is 644. The molecular formula is C17H24N4O3. The van der Waals surface area contributed by atoms with Gasteiger partial charge in [0.2, 0.25) is 5.91 Å². The van der Waals surface area contributed by atoms with Crippen LogP contribution in [-0.4, -0.2) is 52.5 Å². The molecule has 2 amide bonds. The van der Waals surface area contributed by atoms with Gasteiger partial charge in [0.25, 0.3) is 5.91 Å². The van der Waals surface area contributed by atoms with Gasteiger partial charge in [-0.25, -0.2) is 4.98 Å². The molecule has 1 aromatic heterocycles. The third kappa shape index (κ3) is 2.42. The lowest BCUT2D eigenvalue weighted by molar-refractivity contribution is -0.176. The van der Waals surface area contributed by atoms with Gasteiger partial charge in [0.1, 0.15) is 11.4 Å². The number of imidazole rings is 1. The van der Waals surface area contributed by atoms with E-state index in [0.717, 1.165) is 18.7 Å². The number of amides is 2. The zero-order valence-electron chi connectivity index (χ0n) is 14.0. The first-order valence-corrected chi connectivity index (χ1v) is 8.83. The molecule has 2 aliphatic heterocycles. The highest BCUT2D eigenvalue weighted by Gasteiger charge is 2.48. The highest BCUT2D eigenvalue weighted by atomic mass is 16.5. The quantitative estimate of drug-likeness (QED) is 0.862. The first-order chi connectivity index (χ1) is 11.6. The number of ether oxygens (including phenoxy) is 1. The van der Waals surface area contributed by atoms with E-state index in [-0.39, 0.29) is 17.7 Å². The van der Waals surface area contributed by atoms with E-state index in [9.17, 15) is 9.59 Å². The van der Waals surface area contributed by atoms with Crippen LogP contribution in [0.25, 0.3) is 0 Å². The van der Waals surface area contributed by atoms with Crippen molar-refractivity contribution in [3.63, 3.8) is 0 Å². The summed E-state index contributed by atoms with van der Waals surface area (Å²) in [5.74, 6) is 1.30. The Labute approximate surface area is 141 Å². The number of hydrogen-bond acceptors (Lipinski definition) is 4. The van der Waals surface area contributed by atoms with Crippen LogP contribution in [0.15, 0.2) is 12.4 Å². The Morgan fingerprint density at radius 1 is 1.33 bits per heavy atom. The lowest BCUT2D eigenvalue weighted by Gasteiger charge is -2.46. The summed E-state index contributed by atoms with van der Waals surface area (Å²) >= 11 is 0. The molecule has 1 N–H and O–H groups in total. The molecule has 4 rings (SSSR count). The predicted molar refractivity (Wildman–Crippen MR) is 86.0 cm³/mol. The molecule has 1 unspecified atom stereocenters. The number of nitrogens with one attached hydrogen (secondary N) is 1. The Hall–Kier alpha value is -1.89. The summed E-state index contributed by atoms with van der Waals surface area (Å²) in [5.41, 5.74) is -0.560. The number of fused-ring (bicyclic) bond motifs is 2. The fourth-order valence-corrected chi connectivity index (χ4v) is 4.04. The van der Waals surface area contributed by atoms with Crippen molar-refractivity contribution in [1.82, 2.24) is 19.8 Å². The summed E-state index contributed by atoms with van der Waals surface area (Å²) < 4.78 is 8.27. The van der Waals surface area contributed by atoms with Gasteiger partial charge in [-0.3, -0.25) is 9.59 Å². The van der Waals surface area contributed by atoms with Crippen molar-refractivity contribution >= 4 is 11.8 Å². The maximum atomic E-state index is 12.5. The molecule has 130 valence electrons. The Morgan fingerprint density at radius 3 is 2.71 bits per heavy atom. The largest absolute Gasteiger partial charge is 0.357 e. The minimum absolute atomic E-state index is 0.110. The second-order valence-electron chi connectivity index (χ2n) is 7.07. The molecular weight excluding hydrogens is 308 g/mol. The average Bonchev–Trinajstić information content (AvgIpc) is 3.02. The van der Waals surface area contributed by atoms with Gasteiger partial charge in [-0.1, -0.05) is 6.42 Å². The molecule has 1 atom stereocenters. The highest BCUT2D eigenvalue weighted by molar-refractivity contribution is 5.81. The molecule has 1 saturated carbocycles. The summed E-state index contributed by atoms with van der Waals surface area (Å²) in [7, 11) is 1.63. The normalized spacial score (nSPS) is 25.9. The maximum Gasteiger partial charge on any atom is 0.250 e. The van der Waals surface area contributed by atoms with Crippen molar-refractivity contribution in [1.29, 1.82) is 0 Å². The number of likely N-dealkylation sites (tertiary alicyclic amines) is 1. The van der Waals surface area contributed by atoms with Crippen LogP contribution in [0.4, 0.5) is 0 Å². The van der Waals surface area contributed by atoms with Crippen LogP contribution in [-0.2, 0) is 26.5 Å². The smallest absolute Gasteiger partial charge is 0.250 e. The van der Waals surface area contributed by atoms with E-state index in [2.05, 4.69) is 10.3 Å². The van der Waals surface area contributed by atoms with Crippen LogP contribution in [0.1, 0.15) is 37.9 Å². The summed E-state index contributed by atoms with van der Waals surface area (Å²) in [6, 6.07) is 0. The van der Waals surface area contributed by atoms with Gasteiger partial charge < -0.3 is 19.5 Å². The standard InChI is InChI=1S/C17H24N4O3/c1-18-14(22)13-11-21-10-7-19-16(21)17(24-13)5-8-20(9-6-17)15(23)12-3-2-4-12/h7,10,12-13H,2-6,8-9,11H2,1H3,(H,18,22). The number of aromatic nitrogens is 2. The molecule has 0 bridgehead atoms. The van der Waals surface area contributed by atoms with E-state index in [0.29, 0.717) is 32.5 Å². The minimum atomic E-state index is -0.560. The van der Waals surface area contributed by atoms with E-state index < -0.39 is 11.7 Å². The zero-order valence-corrected chi connectivity index (χ0v) is 14.0. The highest BCUT2D eigenvalue weighted by Crippen LogP contribution is 2.41. The van der Waals surface area contributed by atoms with Crippen LogP contribution < -0.4 is 5.32 Å². The molecule has 24 heavy (non-hydrogen) atoms. The number of rotatable bonds is 2. The zero-order chi connectivity index (χ0) is 16.7. The van der Waals surface area contributed by atoms with Crippen LogP contribution in [0, 0.1) is 5.92 Å².